The summed E-state index contributed by atoms with van der Waals surface area (Å²) in [5.41, 5.74) is 4.67. The third-order valence-electron chi connectivity index (χ3n) is 7.64. The number of benzene rings is 2. The summed E-state index contributed by atoms with van der Waals surface area (Å²) in [6.07, 6.45) is 1.57. The smallest absolute Gasteiger partial charge is 0.407 e. The van der Waals surface area contributed by atoms with Crippen molar-refractivity contribution < 1.29 is 29.3 Å². The van der Waals surface area contributed by atoms with E-state index in [2.05, 4.69) is 34.9 Å². The molecule has 8 nitrogen and oxygen atoms in total. The Hall–Kier alpha value is -3.39. The topological polar surface area (TPSA) is 125 Å². The molecule has 0 bridgehead atoms. The van der Waals surface area contributed by atoms with Gasteiger partial charge in [-0.1, -0.05) is 48.5 Å². The highest BCUT2D eigenvalue weighted by Gasteiger charge is 2.50. The molecule has 0 heterocycles. The van der Waals surface area contributed by atoms with Crippen LogP contribution in [-0.2, 0) is 14.3 Å². The zero-order valence-electron chi connectivity index (χ0n) is 18.6. The van der Waals surface area contributed by atoms with Gasteiger partial charge in [-0.15, -0.1) is 0 Å². The van der Waals surface area contributed by atoms with Gasteiger partial charge >= 0.3 is 12.1 Å². The van der Waals surface area contributed by atoms with Crippen LogP contribution in [0.3, 0.4) is 0 Å². The highest BCUT2D eigenvalue weighted by molar-refractivity contribution is 5.85. The Kier molecular flexibility index (Phi) is 6.00. The SMILES string of the molecule is O=C(NC1CC2CC(C(=O)N[C@@H](CO)C(=O)O)CC21)OCC1c2ccccc2-c2ccccc21. The van der Waals surface area contributed by atoms with Crippen molar-refractivity contribution in [2.24, 2.45) is 17.8 Å². The minimum Gasteiger partial charge on any atom is -0.480 e. The third kappa shape index (κ3) is 4.03. The van der Waals surface area contributed by atoms with E-state index in [0.717, 1.165) is 17.5 Å². The Morgan fingerprint density at radius 3 is 2.24 bits per heavy atom. The number of aliphatic hydroxyl groups excluding tert-OH is 1. The van der Waals surface area contributed by atoms with Gasteiger partial charge in [0.25, 0.3) is 0 Å². The van der Waals surface area contributed by atoms with Gasteiger partial charge in [-0.05, 0) is 53.4 Å². The number of carbonyl (C=O) groups excluding carboxylic acids is 2. The van der Waals surface area contributed by atoms with Gasteiger partial charge in [0.05, 0.1) is 6.61 Å². The van der Waals surface area contributed by atoms with Crippen molar-refractivity contribution in [3.63, 3.8) is 0 Å². The third-order valence-corrected chi connectivity index (χ3v) is 7.64. The van der Waals surface area contributed by atoms with Crippen molar-refractivity contribution in [1.82, 2.24) is 10.6 Å². The van der Waals surface area contributed by atoms with Gasteiger partial charge in [-0.25, -0.2) is 9.59 Å². The average molecular weight is 465 g/mol. The number of carboxylic acid groups (broad SMARTS) is 1. The molecule has 178 valence electrons. The van der Waals surface area contributed by atoms with Gasteiger partial charge in [0.1, 0.15) is 12.6 Å². The number of alkyl carbamates (subject to hydrolysis) is 1. The summed E-state index contributed by atoms with van der Waals surface area (Å²) in [6, 6.07) is 15.0. The highest BCUT2D eigenvalue weighted by Crippen LogP contribution is 2.50. The minimum atomic E-state index is -1.29. The van der Waals surface area contributed by atoms with Gasteiger partial charge in [0, 0.05) is 17.9 Å². The van der Waals surface area contributed by atoms with Crippen LogP contribution in [0.15, 0.2) is 48.5 Å². The molecular formula is C26H28N2O6. The number of carbonyl (C=O) groups is 3. The van der Waals surface area contributed by atoms with E-state index >= 15 is 0 Å². The lowest BCUT2D eigenvalue weighted by Crippen LogP contribution is -2.50. The van der Waals surface area contributed by atoms with Crippen LogP contribution in [0, 0.1) is 17.8 Å². The average Bonchev–Trinajstić information content (AvgIpc) is 3.34. The van der Waals surface area contributed by atoms with Gasteiger partial charge in [0.2, 0.25) is 5.91 Å². The van der Waals surface area contributed by atoms with Crippen LogP contribution in [0.2, 0.25) is 0 Å². The summed E-state index contributed by atoms with van der Waals surface area (Å²) >= 11 is 0. The molecule has 0 saturated heterocycles. The minimum absolute atomic E-state index is 0.000511. The first-order chi connectivity index (χ1) is 16.5. The van der Waals surface area contributed by atoms with Crippen LogP contribution in [-0.4, -0.2) is 53.5 Å². The standard InChI is InChI=1S/C26H28N2O6/c29-12-23(25(31)32)27-24(30)15-9-14-11-22(20(14)10-15)28-26(33)34-13-21-18-7-3-1-5-16(18)17-6-2-4-8-19(17)21/h1-8,14-15,20-23,29H,9-13H2,(H,27,30)(H,28,33)(H,31,32)/t14?,15?,20?,22?,23-/m0/s1. The Balaban J connectivity index is 1.14. The van der Waals surface area contributed by atoms with Crippen LogP contribution >= 0.6 is 0 Å². The van der Waals surface area contributed by atoms with E-state index in [1.807, 2.05) is 24.3 Å². The maximum atomic E-state index is 12.6. The molecule has 2 saturated carbocycles. The molecule has 3 aliphatic carbocycles. The second kappa shape index (κ2) is 9.10. The quantitative estimate of drug-likeness (QED) is 0.499. The van der Waals surface area contributed by atoms with Gasteiger partial charge in [-0.3, -0.25) is 4.79 Å². The number of fused-ring (bicyclic) bond motifs is 4. The van der Waals surface area contributed by atoms with E-state index in [1.54, 1.807) is 0 Å². The summed E-state index contributed by atoms with van der Waals surface area (Å²) in [6.45, 7) is -0.393. The molecule has 2 amide bonds. The lowest BCUT2D eigenvalue weighted by molar-refractivity contribution is -0.143. The number of hydrogen-bond acceptors (Lipinski definition) is 5. The van der Waals surface area contributed by atoms with E-state index in [9.17, 15) is 14.4 Å². The number of carboxylic acids is 1. The molecule has 2 aromatic rings. The monoisotopic (exact) mass is 464 g/mol. The second-order valence-electron chi connectivity index (χ2n) is 9.49. The van der Waals surface area contributed by atoms with Crippen LogP contribution < -0.4 is 10.6 Å². The molecule has 2 fully saturated rings. The lowest BCUT2D eigenvalue weighted by Gasteiger charge is -2.40. The predicted octanol–water partition coefficient (Wildman–Crippen LogP) is 2.50. The summed E-state index contributed by atoms with van der Waals surface area (Å²) in [5.74, 6) is -1.42. The number of aliphatic hydroxyl groups is 1. The Bertz CT molecular complexity index is 1070. The maximum Gasteiger partial charge on any atom is 0.407 e. The zero-order valence-corrected chi connectivity index (χ0v) is 18.6. The van der Waals surface area contributed by atoms with E-state index in [4.69, 9.17) is 14.9 Å². The molecule has 0 spiro atoms. The van der Waals surface area contributed by atoms with Gasteiger partial charge in [0.15, 0.2) is 0 Å². The molecule has 4 unspecified atom stereocenters. The van der Waals surface area contributed by atoms with Crippen molar-refractivity contribution in [2.75, 3.05) is 13.2 Å². The summed E-state index contributed by atoms with van der Waals surface area (Å²) in [4.78, 5) is 36.1. The molecule has 5 rings (SSSR count). The van der Waals surface area contributed by atoms with Crippen molar-refractivity contribution in [3.8, 4) is 11.1 Å². The normalized spacial score (nSPS) is 25.3. The first kappa shape index (κ1) is 22.4. The van der Waals surface area contributed by atoms with Crippen LogP contribution in [0.1, 0.15) is 36.3 Å². The number of aliphatic carboxylic acids is 1. The molecule has 3 aliphatic rings. The molecule has 4 N–H and O–H groups in total. The largest absolute Gasteiger partial charge is 0.480 e. The number of rotatable bonds is 7. The fourth-order valence-electron chi connectivity index (χ4n) is 5.87. The van der Waals surface area contributed by atoms with Crippen molar-refractivity contribution >= 4 is 18.0 Å². The Labute approximate surface area is 197 Å². The molecule has 34 heavy (non-hydrogen) atoms. The van der Waals surface area contributed by atoms with E-state index in [0.29, 0.717) is 18.8 Å². The van der Waals surface area contributed by atoms with E-state index < -0.39 is 24.7 Å². The van der Waals surface area contributed by atoms with Gasteiger partial charge < -0.3 is 25.6 Å². The molecular weight excluding hydrogens is 436 g/mol. The molecule has 5 atom stereocenters. The Morgan fingerprint density at radius 2 is 1.62 bits per heavy atom. The molecule has 0 aliphatic heterocycles. The lowest BCUT2D eigenvalue weighted by atomic mass is 9.71. The van der Waals surface area contributed by atoms with E-state index in [1.165, 1.54) is 11.1 Å². The fraction of sp³-hybridized carbons (Fsp3) is 0.423. The second-order valence-corrected chi connectivity index (χ2v) is 9.49. The fourth-order valence-corrected chi connectivity index (χ4v) is 5.87. The number of amides is 2. The predicted molar refractivity (Wildman–Crippen MR) is 123 cm³/mol. The van der Waals surface area contributed by atoms with E-state index in [-0.39, 0.29) is 36.3 Å². The number of ether oxygens (including phenoxy) is 1. The van der Waals surface area contributed by atoms with Crippen LogP contribution in [0.4, 0.5) is 4.79 Å². The van der Waals surface area contributed by atoms with Crippen molar-refractivity contribution in [3.05, 3.63) is 59.7 Å². The van der Waals surface area contributed by atoms with Crippen molar-refractivity contribution in [1.29, 1.82) is 0 Å². The van der Waals surface area contributed by atoms with Crippen molar-refractivity contribution in [2.45, 2.75) is 37.3 Å². The first-order valence-corrected chi connectivity index (χ1v) is 11.7. The van der Waals surface area contributed by atoms with Gasteiger partial charge in [-0.2, -0.15) is 0 Å². The first-order valence-electron chi connectivity index (χ1n) is 11.7. The molecule has 0 aromatic heterocycles. The highest BCUT2D eigenvalue weighted by atomic mass is 16.5. The molecule has 0 radical (unpaired) electrons. The number of nitrogens with one attached hydrogen (secondary N) is 2. The summed E-state index contributed by atoms with van der Waals surface area (Å²) in [7, 11) is 0. The molecule has 8 heteroatoms. The summed E-state index contributed by atoms with van der Waals surface area (Å²) < 4.78 is 5.64. The van der Waals surface area contributed by atoms with Crippen LogP contribution in [0.5, 0.6) is 0 Å². The molecule has 2 aromatic carbocycles. The summed E-state index contributed by atoms with van der Waals surface area (Å²) in [5, 5.41) is 23.5. The Morgan fingerprint density at radius 1 is 0.971 bits per heavy atom. The number of hydrogen-bond donors (Lipinski definition) is 4. The zero-order chi connectivity index (χ0) is 23.8. The van der Waals surface area contributed by atoms with Crippen LogP contribution in [0.25, 0.3) is 11.1 Å². The maximum absolute atomic E-state index is 12.6.